The third-order valence-electron chi connectivity index (χ3n) is 2.80. The van der Waals surface area contributed by atoms with Gasteiger partial charge in [-0.15, -0.1) is 0 Å². The summed E-state index contributed by atoms with van der Waals surface area (Å²) in [5.41, 5.74) is 2.67. The molecule has 92 valence electrons. The van der Waals surface area contributed by atoms with Gasteiger partial charge < -0.3 is 10.7 Å². The van der Waals surface area contributed by atoms with Crippen molar-refractivity contribution in [3.63, 3.8) is 0 Å². The molecule has 1 saturated carbocycles. The normalized spacial score (nSPS) is 14.4. The number of aromatic nitrogens is 2. The fourth-order valence-corrected chi connectivity index (χ4v) is 1.61. The van der Waals surface area contributed by atoms with Crippen LogP contribution in [-0.2, 0) is 0 Å². The maximum absolute atomic E-state index is 11.6. The Morgan fingerprint density at radius 1 is 1.41 bits per heavy atom. The Morgan fingerprint density at radius 2 is 2.24 bits per heavy atom. The molecule has 17 heavy (non-hydrogen) atoms. The predicted octanol–water partition coefficient (Wildman–Crippen LogP) is 0.682. The topological polar surface area (TPSA) is 92.9 Å². The van der Waals surface area contributed by atoms with Crippen molar-refractivity contribution in [2.24, 2.45) is 11.8 Å². The van der Waals surface area contributed by atoms with Crippen molar-refractivity contribution < 1.29 is 4.79 Å². The van der Waals surface area contributed by atoms with E-state index in [0.29, 0.717) is 18.1 Å². The number of carbonyl (C=O) groups is 1. The number of hydrogen-bond acceptors (Lipinski definition) is 5. The first-order valence-corrected chi connectivity index (χ1v) is 5.86. The van der Waals surface area contributed by atoms with E-state index in [1.807, 2.05) is 0 Å². The van der Waals surface area contributed by atoms with E-state index in [0.717, 1.165) is 12.3 Å². The molecule has 4 N–H and O–H groups in total. The number of amides is 1. The maximum atomic E-state index is 11.6. The molecule has 6 nitrogen and oxygen atoms in total. The van der Waals surface area contributed by atoms with Gasteiger partial charge in [0.1, 0.15) is 5.69 Å². The maximum Gasteiger partial charge on any atom is 0.271 e. The first kappa shape index (κ1) is 11.8. The van der Waals surface area contributed by atoms with E-state index in [9.17, 15) is 4.79 Å². The van der Waals surface area contributed by atoms with Crippen LogP contribution in [0.2, 0.25) is 0 Å². The van der Waals surface area contributed by atoms with Gasteiger partial charge in [0.25, 0.3) is 5.91 Å². The van der Waals surface area contributed by atoms with Gasteiger partial charge in [0.2, 0.25) is 0 Å². The molecule has 0 unspecified atom stereocenters. The van der Waals surface area contributed by atoms with Crippen LogP contribution in [0.3, 0.4) is 0 Å². The zero-order chi connectivity index (χ0) is 12.1. The molecule has 1 aliphatic rings. The molecule has 1 heterocycles. The van der Waals surface area contributed by atoms with Crippen LogP contribution in [-0.4, -0.2) is 22.4 Å². The van der Waals surface area contributed by atoms with Crippen LogP contribution in [0, 0.1) is 5.92 Å². The summed E-state index contributed by atoms with van der Waals surface area (Å²) in [4.78, 5) is 19.5. The van der Waals surface area contributed by atoms with Crippen LogP contribution in [0.15, 0.2) is 12.4 Å². The van der Waals surface area contributed by atoms with Gasteiger partial charge in [-0.05, 0) is 18.8 Å². The molecule has 1 aliphatic carbocycles. The molecule has 0 aromatic carbocycles. The second kappa shape index (κ2) is 5.58. The van der Waals surface area contributed by atoms with Crippen molar-refractivity contribution in [3.05, 3.63) is 18.1 Å². The number of nitrogens with two attached hydrogens (primary N) is 1. The van der Waals surface area contributed by atoms with Gasteiger partial charge in [0.05, 0.1) is 12.4 Å². The highest BCUT2D eigenvalue weighted by atomic mass is 16.1. The van der Waals surface area contributed by atoms with Crippen molar-refractivity contribution in [2.45, 2.75) is 25.7 Å². The molecule has 1 fully saturated rings. The molecule has 1 aromatic rings. The molecule has 0 radical (unpaired) electrons. The number of carbonyl (C=O) groups excluding carboxylic acids is 1. The van der Waals surface area contributed by atoms with Gasteiger partial charge in [0.15, 0.2) is 5.82 Å². The van der Waals surface area contributed by atoms with Crippen LogP contribution in [0.1, 0.15) is 36.2 Å². The van der Waals surface area contributed by atoms with Gasteiger partial charge in [-0.2, -0.15) is 0 Å². The highest BCUT2D eigenvalue weighted by molar-refractivity contribution is 5.91. The van der Waals surface area contributed by atoms with E-state index in [-0.39, 0.29) is 5.91 Å². The largest absolute Gasteiger partial charge is 0.351 e. The number of hydrogen-bond donors (Lipinski definition) is 3. The van der Waals surface area contributed by atoms with Crippen LogP contribution in [0.25, 0.3) is 0 Å². The van der Waals surface area contributed by atoms with E-state index >= 15 is 0 Å². The lowest BCUT2D eigenvalue weighted by Gasteiger charge is -2.04. The Morgan fingerprint density at radius 3 is 2.82 bits per heavy atom. The summed E-state index contributed by atoms with van der Waals surface area (Å²) >= 11 is 0. The van der Waals surface area contributed by atoms with Crippen molar-refractivity contribution in [1.29, 1.82) is 0 Å². The molecule has 0 spiro atoms. The van der Waals surface area contributed by atoms with Crippen molar-refractivity contribution >= 4 is 11.7 Å². The third kappa shape index (κ3) is 3.67. The van der Waals surface area contributed by atoms with Gasteiger partial charge >= 0.3 is 0 Å². The van der Waals surface area contributed by atoms with Crippen molar-refractivity contribution in [2.75, 3.05) is 12.0 Å². The highest BCUT2D eigenvalue weighted by Gasteiger charge is 2.20. The molecule has 2 rings (SSSR count). The second-order valence-corrected chi connectivity index (χ2v) is 4.27. The number of nitrogen functional groups attached to an aromatic ring is 1. The number of hydrazine groups is 1. The fraction of sp³-hybridized carbons (Fsp3) is 0.545. The smallest absolute Gasteiger partial charge is 0.271 e. The Kier molecular flexibility index (Phi) is 3.87. The van der Waals surface area contributed by atoms with Gasteiger partial charge in [-0.25, -0.2) is 15.8 Å². The number of anilines is 1. The molecule has 1 amide bonds. The lowest BCUT2D eigenvalue weighted by atomic mass is 10.2. The SMILES string of the molecule is NNc1cnc(C(=O)NCCCC2CC2)cn1. The number of nitrogens with zero attached hydrogens (tertiary/aromatic N) is 2. The molecular weight excluding hydrogens is 218 g/mol. The molecule has 6 heteroatoms. The Labute approximate surface area is 100.0 Å². The van der Waals surface area contributed by atoms with Crippen LogP contribution in [0.4, 0.5) is 5.82 Å². The minimum atomic E-state index is -0.183. The van der Waals surface area contributed by atoms with Crippen molar-refractivity contribution in [1.82, 2.24) is 15.3 Å². The van der Waals surface area contributed by atoms with Crippen LogP contribution >= 0.6 is 0 Å². The second-order valence-electron chi connectivity index (χ2n) is 4.27. The molecule has 0 aliphatic heterocycles. The fourth-order valence-electron chi connectivity index (χ4n) is 1.61. The predicted molar refractivity (Wildman–Crippen MR) is 64.1 cm³/mol. The van der Waals surface area contributed by atoms with Gasteiger partial charge in [-0.1, -0.05) is 12.8 Å². The molecule has 1 aromatic heterocycles. The van der Waals surface area contributed by atoms with Crippen molar-refractivity contribution in [3.8, 4) is 0 Å². The average molecular weight is 235 g/mol. The summed E-state index contributed by atoms with van der Waals surface area (Å²) < 4.78 is 0. The lowest BCUT2D eigenvalue weighted by Crippen LogP contribution is -2.25. The zero-order valence-corrected chi connectivity index (χ0v) is 9.65. The summed E-state index contributed by atoms with van der Waals surface area (Å²) in [6, 6.07) is 0. The summed E-state index contributed by atoms with van der Waals surface area (Å²) in [5.74, 6) is 6.32. The number of rotatable bonds is 6. The first-order chi connectivity index (χ1) is 8.29. The average Bonchev–Trinajstić information content (AvgIpc) is 3.18. The van der Waals surface area contributed by atoms with E-state index in [1.165, 1.54) is 31.7 Å². The molecular formula is C11H17N5O. The minimum absolute atomic E-state index is 0.183. The standard InChI is InChI=1S/C11H17N5O/c12-16-10-7-14-9(6-15-10)11(17)13-5-1-2-8-3-4-8/h6-8H,1-5,12H2,(H,13,17)(H,15,16). The first-order valence-electron chi connectivity index (χ1n) is 5.86. The zero-order valence-electron chi connectivity index (χ0n) is 9.65. The van der Waals surface area contributed by atoms with E-state index in [2.05, 4.69) is 20.7 Å². The Balaban J connectivity index is 1.73. The van der Waals surface area contributed by atoms with Crippen LogP contribution in [0.5, 0.6) is 0 Å². The monoisotopic (exact) mass is 235 g/mol. The minimum Gasteiger partial charge on any atom is -0.351 e. The van der Waals surface area contributed by atoms with E-state index in [1.54, 1.807) is 0 Å². The van der Waals surface area contributed by atoms with Gasteiger partial charge in [0, 0.05) is 6.54 Å². The summed E-state index contributed by atoms with van der Waals surface area (Å²) in [6.07, 6.45) is 7.79. The van der Waals surface area contributed by atoms with E-state index in [4.69, 9.17) is 5.84 Å². The number of nitrogens with one attached hydrogen (secondary N) is 2. The third-order valence-corrected chi connectivity index (χ3v) is 2.80. The summed E-state index contributed by atoms with van der Waals surface area (Å²) in [5, 5.41) is 2.83. The quantitative estimate of drug-likeness (QED) is 0.383. The molecule has 0 saturated heterocycles. The Hall–Kier alpha value is -1.69. The molecule has 0 atom stereocenters. The Bertz CT molecular complexity index is 374. The molecule has 0 bridgehead atoms. The summed E-state index contributed by atoms with van der Waals surface area (Å²) in [6.45, 7) is 0.702. The summed E-state index contributed by atoms with van der Waals surface area (Å²) in [7, 11) is 0. The highest BCUT2D eigenvalue weighted by Crippen LogP contribution is 2.33. The van der Waals surface area contributed by atoms with Crippen LogP contribution < -0.4 is 16.6 Å². The lowest BCUT2D eigenvalue weighted by molar-refractivity contribution is 0.0947. The van der Waals surface area contributed by atoms with Gasteiger partial charge in [-0.3, -0.25) is 4.79 Å². The van der Waals surface area contributed by atoms with E-state index < -0.39 is 0 Å².